The van der Waals surface area contributed by atoms with E-state index in [1.54, 1.807) is 0 Å². The van der Waals surface area contributed by atoms with Gasteiger partial charge in [-0.15, -0.1) is 0 Å². The lowest BCUT2D eigenvalue weighted by atomic mass is 9.92. The summed E-state index contributed by atoms with van der Waals surface area (Å²) in [7, 11) is 0. The van der Waals surface area contributed by atoms with Gasteiger partial charge >= 0.3 is 0 Å². The summed E-state index contributed by atoms with van der Waals surface area (Å²) in [6.07, 6.45) is 3.12. The normalized spacial score (nSPS) is 42.2. The number of rotatable bonds is 2. The maximum atomic E-state index is 5.67. The summed E-state index contributed by atoms with van der Waals surface area (Å²) in [5.41, 5.74) is 0. The van der Waals surface area contributed by atoms with E-state index in [1.165, 1.54) is 25.9 Å². The molecule has 0 bridgehead atoms. The Morgan fingerprint density at radius 2 is 2.12 bits per heavy atom. The van der Waals surface area contributed by atoms with Crippen LogP contribution in [0.3, 0.4) is 0 Å². The van der Waals surface area contributed by atoms with E-state index in [4.69, 9.17) is 4.74 Å². The van der Waals surface area contributed by atoms with Crippen molar-refractivity contribution in [2.24, 2.45) is 5.92 Å². The minimum Gasteiger partial charge on any atom is -0.376 e. The van der Waals surface area contributed by atoms with Crippen LogP contribution in [-0.2, 0) is 4.74 Å². The van der Waals surface area contributed by atoms with Crippen molar-refractivity contribution in [3.8, 4) is 0 Å². The van der Waals surface area contributed by atoms with Crippen molar-refractivity contribution in [1.29, 1.82) is 0 Å². The van der Waals surface area contributed by atoms with Gasteiger partial charge in [0.15, 0.2) is 0 Å². The van der Waals surface area contributed by atoms with Gasteiger partial charge in [0.05, 0.1) is 12.7 Å². The Morgan fingerprint density at radius 1 is 1.31 bits per heavy atom. The highest BCUT2D eigenvalue weighted by Gasteiger charge is 2.28. The molecule has 2 aliphatic heterocycles. The number of piperidine rings is 1. The standard InChI is InChI=1S/C13H26N2O/c1-10-5-4-6-14-13(10)8-15-7-12(3)16-9-11(15)2/h10-14H,4-9H2,1-3H3. The summed E-state index contributed by atoms with van der Waals surface area (Å²) in [6.45, 7) is 11.2. The molecule has 0 aliphatic carbocycles. The third-order valence-corrected chi connectivity index (χ3v) is 4.10. The van der Waals surface area contributed by atoms with Crippen molar-refractivity contribution in [3.05, 3.63) is 0 Å². The molecule has 94 valence electrons. The van der Waals surface area contributed by atoms with Gasteiger partial charge in [-0.2, -0.15) is 0 Å². The quantitative estimate of drug-likeness (QED) is 0.772. The molecule has 16 heavy (non-hydrogen) atoms. The van der Waals surface area contributed by atoms with Crippen LogP contribution in [0.15, 0.2) is 0 Å². The van der Waals surface area contributed by atoms with Crippen LogP contribution in [0.4, 0.5) is 0 Å². The minimum absolute atomic E-state index is 0.398. The number of nitrogens with zero attached hydrogens (tertiary/aromatic N) is 1. The molecule has 4 atom stereocenters. The molecule has 0 aromatic carbocycles. The van der Waals surface area contributed by atoms with Crippen LogP contribution in [0, 0.1) is 5.92 Å². The number of nitrogens with one attached hydrogen (secondary N) is 1. The second-order valence-corrected chi connectivity index (χ2v) is 5.63. The van der Waals surface area contributed by atoms with E-state index >= 15 is 0 Å². The molecule has 1 N–H and O–H groups in total. The Bertz CT molecular complexity index is 222. The van der Waals surface area contributed by atoms with Gasteiger partial charge in [0.2, 0.25) is 0 Å². The zero-order chi connectivity index (χ0) is 11.5. The van der Waals surface area contributed by atoms with E-state index < -0.39 is 0 Å². The molecule has 4 unspecified atom stereocenters. The first-order valence-electron chi connectivity index (χ1n) is 6.76. The van der Waals surface area contributed by atoms with E-state index in [0.29, 0.717) is 18.2 Å². The van der Waals surface area contributed by atoms with Crippen molar-refractivity contribution in [3.63, 3.8) is 0 Å². The smallest absolute Gasteiger partial charge is 0.0674 e. The Morgan fingerprint density at radius 3 is 2.88 bits per heavy atom. The number of morpholine rings is 1. The first-order chi connectivity index (χ1) is 7.66. The van der Waals surface area contributed by atoms with Gasteiger partial charge in [-0.1, -0.05) is 6.92 Å². The third kappa shape index (κ3) is 2.96. The lowest BCUT2D eigenvalue weighted by Crippen LogP contribution is -2.54. The second-order valence-electron chi connectivity index (χ2n) is 5.63. The first kappa shape index (κ1) is 12.3. The van der Waals surface area contributed by atoms with E-state index in [9.17, 15) is 0 Å². The van der Waals surface area contributed by atoms with Crippen molar-refractivity contribution in [1.82, 2.24) is 10.2 Å². The average Bonchev–Trinajstić information content (AvgIpc) is 2.27. The van der Waals surface area contributed by atoms with E-state index in [1.807, 2.05) is 0 Å². The van der Waals surface area contributed by atoms with Crippen LogP contribution >= 0.6 is 0 Å². The largest absolute Gasteiger partial charge is 0.376 e. The highest BCUT2D eigenvalue weighted by Crippen LogP contribution is 2.19. The van der Waals surface area contributed by atoms with Gasteiger partial charge in [-0.05, 0) is 39.2 Å². The molecule has 0 aromatic heterocycles. The van der Waals surface area contributed by atoms with Crippen molar-refractivity contribution < 1.29 is 4.74 Å². The van der Waals surface area contributed by atoms with Crippen molar-refractivity contribution in [2.45, 2.75) is 51.8 Å². The Labute approximate surface area is 99.5 Å². The van der Waals surface area contributed by atoms with Gasteiger partial charge in [0, 0.05) is 25.2 Å². The lowest BCUT2D eigenvalue weighted by molar-refractivity contribution is -0.0545. The zero-order valence-electron chi connectivity index (χ0n) is 10.9. The molecule has 2 rings (SSSR count). The molecule has 0 radical (unpaired) electrons. The molecule has 2 fully saturated rings. The summed E-state index contributed by atoms with van der Waals surface area (Å²) in [5.74, 6) is 0.819. The zero-order valence-corrected chi connectivity index (χ0v) is 10.9. The van der Waals surface area contributed by atoms with Crippen LogP contribution in [0.2, 0.25) is 0 Å². The van der Waals surface area contributed by atoms with E-state index in [2.05, 4.69) is 31.0 Å². The summed E-state index contributed by atoms with van der Waals surface area (Å²) < 4.78 is 5.67. The van der Waals surface area contributed by atoms with Crippen LogP contribution in [-0.4, -0.2) is 49.3 Å². The van der Waals surface area contributed by atoms with Crippen LogP contribution < -0.4 is 5.32 Å². The summed E-state index contributed by atoms with van der Waals surface area (Å²) in [6, 6.07) is 1.26. The van der Waals surface area contributed by atoms with Gasteiger partial charge in [0.25, 0.3) is 0 Å². The third-order valence-electron chi connectivity index (χ3n) is 4.10. The Kier molecular flexibility index (Phi) is 4.22. The van der Waals surface area contributed by atoms with Gasteiger partial charge < -0.3 is 10.1 Å². The molecular formula is C13H26N2O. The molecule has 3 nitrogen and oxygen atoms in total. The monoisotopic (exact) mass is 226 g/mol. The number of ether oxygens (including phenoxy) is 1. The van der Waals surface area contributed by atoms with Gasteiger partial charge in [-0.25, -0.2) is 0 Å². The molecule has 2 aliphatic rings. The van der Waals surface area contributed by atoms with Crippen LogP contribution in [0.1, 0.15) is 33.6 Å². The predicted octanol–water partition coefficient (Wildman–Crippen LogP) is 1.48. The maximum absolute atomic E-state index is 5.67. The minimum atomic E-state index is 0.398. The fourth-order valence-electron chi connectivity index (χ4n) is 2.84. The molecule has 0 amide bonds. The van der Waals surface area contributed by atoms with Crippen LogP contribution in [0.5, 0.6) is 0 Å². The second kappa shape index (κ2) is 5.48. The summed E-state index contributed by atoms with van der Waals surface area (Å²) in [5, 5.41) is 3.67. The van der Waals surface area contributed by atoms with Crippen molar-refractivity contribution >= 4 is 0 Å². The SMILES string of the molecule is CC1CN(CC2NCCCC2C)C(C)CO1. The predicted molar refractivity (Wildman–Crippen MR) is 66.6 cm³/mol. The molecule has 0 aromatic rings. The maximum Gasteiger partial charge on any atom is 0.0674 e. The highest BCUT2D eigenvalue weighted by atomic mass is 16.5. The van der Waals surface area contributed by atoms with E-state index in [0.717, 1.165) is 19.1 Å². The molecule has 3 heteroatoms. The number of hydrogen-bond donors (Lipinski definition) is 1. The lowest BCUT2D eigenvalue weighted by Gasteiger charge is -2.41. The summed E-state index contributed by atoms with van der Waals surface area (Å²) >= 11 is 0. The van der Waals surface area contributed by atoms with Crippen LogP contribution in [0.25, 0.3) is 0 Å². The number of hydrogen-bond acceptors (Lipinski definition) is 3. The highest BCUT2D eigenvalue weighted by molar-refractivity contribution is 4.85. The fourth-order valence-corrected chi connectivity index (χ4v) is 2.84. The topological polar surface area (TPSA) is 24.5 Å². The molecule has 0 saturated carbocycles. The van der Waals surface area contributed by atoms with E-state index in [-0.39, 0.29) is 0 Å². The summed E-state index contributed by atoms with van der Waals surface area (Å²) in [4.78, 5) is 2.59. The average molecular weight is 226 g/mol. The van der Waals surface area contributed by atoms with Crippen molar-refractivity contribution in [2.75, 3.05) is 26.2 Å². The fraction of sp³-hybridized carbons (Fsp3) is 1.00. The molecular weight excluding hydrogens is 200 g/mol. The molecule has 0 spiro atoms. The molecule has 2 heterocycles. The van der Waals surface area contributed by atoms with Gasteiger partial charge in [-0.3, -0.25) is 4.90 Å². The Balaban J connectivity index is 1.86. The van der Waals surface area contributed by atoms with Gasteiger partial charge in [0.1, 0.15) is 0 Å². The Hall–Kier alpha value is -0.120. The first-order valence-corrected chi connectivity index (χ1v) is 6.76. The molecule has 2 saturated heterocycles.